The van der Waals surface area contributed by atoms with E-state index in [0.717, 1.165) is 43.5 Å². The Morgan fingerprint density at radius 3 is 3.00 bits per heavy atom. The molecule has 0 aromatic heterocycles. The van der Waals surface area contributed by atoms with Gasteiger partial charge in [-0.2, -0.15) is 0 Å². The topological polar surface area (TPSA) is 32.3 Å². The molecule has 1 heterocycles. The summed E-state index contributed by atoms with van der Waals surface area (Å²) in [5, 5.41) is 3.70. The quantitative estimate of drug-likeness (QED) is 0.931. The smallest absolute Gasteiger partial charge is 0.222 e. The maximum Gasteiger partial charge on any atom is 0.222 e. The number of amides is 1. The average Bonchev–Trinajstić information content (AvgIpc) is 2.98. The summed E-state index contributed by atoms with van der Waals surface area (Å²) in [4.78, 5) is 13.7. The van der Waals surface area contributed by atoms with Crippen LogP contribution in [-0.2, 0) is 11.2 Å². The lowest BCUT2D eigenvalue weighted by atomic mass is 9.80. The Bertz CT molecular complexity index is 560. The highest BCUT2D eigenvalue weighted by atomic mass is 19.1. The van der Waals surface area contributed by atoms with E-state index in [2.05, 4.69) is 18.3 Å². The first kappa shape index (κ1) is 15.5. The van der Waals surface area contributed by atoms with Crippen LogP contribution in [0.2, 0.25) is 0 Å². The molecule has 1 saturated heterocycles. The average molecular weight is 304 g/mol. The monoisotopic (exact) mass is 304 g/mol. The molecule has 1 N–H and O–H groups in total. The Balaban J connectivity index is 1.73. The summed E-state index contributed by atoms with van der Waals surface area (Å²) in [6, 6.07) is 5.93. The van der Waals surface area contributed by atoms with Crippen molar-refractivity contribution in [1.29, 1.82) is 0 Å². The van der Waals surface area contributed by atoms with Crippen LogP contribution in [0, 0.1) is 11.7 Å². The minimum atomic E-state index is -0.0783. The highest BCUT2D eigenvalue weighted by Crippen LogP contribution is 2.36. The summed E-state index contributed by atoms with van der Waals surface area (Å²) in [5.41, 5.74) is 1.98. The van der Waals surface area contributed by atoms with E-state index in [9.17, 15) is 9.18 Å². The van der Waals surface area contributed by atoms with E-state index in [-0.39, 0.29) is 17.8 Å². The van der Waals surface area contributed by atoms with Gasteiger partial charge >= 0.3 is 0 Å². The second-order valence-corrected chi connectivity index (χ2v) is 6.65. The van der Waals surface area contributed by atoms with Gasteiger partial charge in [-0.3, -0.25) is 4.79 Å². The van der Waals surface area contributed by atoms with Crippen LogP contribution >= 0.6 is 0 Å². The zero-order chi connectivity index (χ0) is 15.7. The Kier molecular flexibility index (Phi) is 4.48. The van der Waals surface area contributed by atoms with Crippen LogP contribution in [-0.4, -0.2) is 29.9 Å². The number of fused-ring (bicyclic) bond motifs is 1. The van der Waals surface area contributed by atoms with E-state index in [1.807, 2.05) is 17.9 Å². The lowest BCUT2D eigenvalue weighted by Crippen LogP contribution is -2.40. The summed E-state index contributed by atoms with van der Waals surface area (Å²) in [6.07, 6.45) is 3.39. The Morgan fingerprint density at radius 2 is 2.23 bits per heavy atom. The lowest BCUT2D eigenvalue weighted by molar-refractivity contribution is -0.129. The fourth-order valence-corrected chi connectivity index (χ4v) is 3.83. The zero-order valence-electron chi connectivity index (χ0n) is 13.4. The Labute approximate surface area is 131 Å². The Morgan fingerprint density at radius 1 is 1.41 bits per heavy atom. The molecule has 0 saturated carbocycles. The molecule has 2 aliphatic rings. The maximum atomic E-state index is 14.0. The molecule has 3 unspecified atom stereocenters. The molecule has 1 aromatic carbocycles. The van der Waals surface area contributed by atoms with Crippen molar-refractivity contribution in [3.63, 3.8) is 0 Å². The summed E-state index contributed by atoms with van der Waals surface area (Å²) in [5.74, 6) is 0.642. The van der Waals surface area contributed by atoms with Crippen LogP contribution in [0.25, 0.3) is 0 Å². The van der Waals surface area contributed by atoms with Crippen LogP contribution in [0.5, 0.6) is 0 Å². The number of likely N-dealkylation sites (tertiary alicyclic amines) is 1. The normalized spacial score (nSPS) is 27.8. The van der Waals surface area contributed by atoms with E-state index in [1.54, 1.807) is 6.07 Å². The van der Waals surface area contributed by atoms with Gasteiger partial charge in [0.1, 0.15) is 5.82 Å². The predicted octanol–water partition coefficient (Wildman–Crippen LogP) is 3.05. The van der Waals surface area contributed by atoms with E-state index < -0.39 is 0 Å². The van der Waals surface area contributed by atoms with Gasteiger partial charge in [0.25, 0.3) is 0 Å². The van der Waals surface area contributed by atoms with Crippen molar-refractivity contribution in [3.05, 3.63) is 35.1 Å². The molecule has 1 fully saturated rings. The van der Waals surface area contributed by atoms with Crippen molar-refractivity contribution in [2.24, 2.45) is 5.92 Å². The molecule has 4 heteroatoms. The third-order valence-electron chi connectivity index (χ3n) is 5.17. The van der Waals surface area contributed by atoms with Crippen LogP contribution in [0.4, 0.5) is 4.39 Å². The van der Waals surface area contributed by atoms with Gasteiger partial charge in [0.15, 0.2) is 0 Å². The lowest BCUT2D eigenvalue weighted by Gasteiger charge is -2.34. The number of benzene rings is 1. The van der Waals surface area contributed by atoms with Gasteiger partial charge in [-0.1, -0.05) is 26.0 Å². The molecule has 0 bridgehead atoms. The van der Waals surface area contributed by atoms with Crippen LogP contribution in [0.1, 0.15) is 50.3 Å². The fraction of sp³-hybridized carbons (Fsp3) is 0.611. The largest absolute Gasteiger partial charge is 0.341 e. The standard InChI is InChI=1S/C18H25FN2O/c1-3-17(22)21-10-9-13(11-21)20-18-12(2)7-8-14-15(18)5-4-6-16(14)19/h4-6,12-13,18,20H,3,7-11H2,1-2H3. The SMILES string of the molecule is CCC(=O)N1CCC(NC2c3cccc(F)c3CCC2C)C1. The number of halogens is 1. The molecule has 1 aliphatic heterocycles. The van der Waals surface area contributed by atoms with Gasteiger partial charge < -0.3 is 10.2 Å². The molecule has 1 aromatic rings. The first-order chi connectivity index (χ1) is 10.6. The summed E-state index contributed by atoms with van der Waals surface area (Å²) in [7, 11) is 0. The molecule has 0 spiro atoms. The van der Waals surface area contributed by atoms with Crippen molar-refractivity contribution in [2.75, 3.05) is 13.1 Å². The molecule has 3 atom stereocenters. The highest BCUT2D eigenvalue weighted by molar-refractivity contribution is 5.76. The summed E-state index contributed by atoms with van der Waals surface area (Å²) >= 11 is 0. The third kappa shape index (κ3) is 2.89. The molecule has 0 radical (unpaired) electrons. The number of hydrogen-bond acceptors (Lipinski definition) is 2. The van der Waals surface area contributed by atoms with Gasteiger partial charge in [-0.25, -0.2) is 4.39 Å². The second-order valence-electron chi connectivity index (χ2n) is 6.65. The number of carbonyl (C=O) groups is 1. The minimum absolute atomic E-state index is 0.0783. The van der Waals surface area contributed by atoms with Gasteiger partial charge in [0.2, 0.25) is 5.91 Å². The number of carbonyl (C=O) groups excluding carboxylic acids is 1. The molecule has 22 heavy (non-hydrogen) atoms. The molecule has 1 aliphatic carbocycles. The Hall–Kier alpha value is -1.42. The fourth-order valence-electron chi connectivity index (χ4n) is 3.83. The van der Waals surface area contributed by atoms with Crippen LogP contribution < -0.4 is 5.32 Å². The molecule has 3 nitrogen and oxygen atoms in total. The predicted molar refractivity (Wildman–Crippen MR) is 85.0 cm³/mol. The molecular formula is C18H25FN2O. The maximum absolute atomic E-state index is 14.0. The first-order valence-electron chi connectivity index (χ1n) is 8.41. The van der Waals surface area contributed by atoms with Gasteiger partial charge in [0.05, 0.1) is 0 Å². The molecule has 1 amide bonds. The summed E-state index contributed by atoms with van der Waals surface area (Å²) in [6.45, 7) is 5.75. The molecule has 120 valence electrons. The molecule has 3 rings (SSSR count). The van der Waals surface area contributed by atoms with Crippen molar-refractivity contribution in [3.8, 4) is 0 Å². The highest BCUT2D eigenvalue weighted by Gasteiger charge is 2.32. The van der Waals surface area contributed by atoms with Crippen molar-refractivity contribution in [1.82, 2.24) is 10.2 Å². The van der Waals surface area contributed by atoms with Gasteiger partial charge in [0, 0.05) is 31.6 Å². The number of nitrogens with one attached hydrogen (secondary N) is 1. The summed E-state index contributed by atoms with van der Waals surface area (Å²) < 4.78 is 14.0. The second kappa shape index (κ2) is 6.37. The zero-order valence-corrected chi connectivity index (χ0v) is 13.4. The molecular weight excluding hydrogens is 279 g/mol. The van der Waals surface area contributed by atoms with Gasteiger partial charge in [-0.15, -0.1) is 0 Å². The number of nitrogens with zero attached hydrogens (tertiary/aromatic N) is 1. The van der Waals surface area contributed by atoms with E-state index in [4.69, 9.17) is 0 Å². The van der Waals surface area contributed by atoms with Crippen molar-refractivity contribution < 1.29 is 9.18 Å². The third-order valence-corrected chi connectivity index (χ3v) is 5.17. The number of rotatable bonds is 3. The van der Waals surface area contributed by atoms with Crippen LogP contribution in [0.15, 0.2) is 18.2 Å². The van der Waals surface area contributed by atoms with E-state index in [0.29, 0.717) is 18.4 Å². The number of hydrogen-bond donors (Lipinski definition) is 1. The van der Waals surface area contributed by atoms with Crippen molar-refractivity contribution in [2.45, 2.75) is 51.6 Å². The van der Waals surface area contributed by atoms with Crippen LogP contribution in [0.3, 0.4) is 0 Å². The van der Waals surface area contributed by atoms with E-state index >= 15 is 0 Å². The minimum Gasteiger partial charge on any atom is -0.341 e. The van der Waals surface area contributed by atoms with Gasteiger partial charge in [-0.05, 0) is 42.4 Å². The van der Waals surface area contributed by atoms with E-state index in [1.165, 1.54) is 0 Å². The van der Waals surface area contributed by atoms with Crippen molar-refractivity contribution >= 4 is 5.91 Å². The first-order valence-corrected chi connectivity index (χ1v) is 8.41.